The minimum atomic E-state index is 0.494. The van der Waals surface area contributed by atoms with Crippen LogP contribution in [0.5, 0.6) is 11.5 Å². The lowest BCUT2D eigenvalue weighted by Crippen LogP contribution is -2.04. The Morgan fingerprint density at radius 2 is 1.96 bits per heavy atom. The van der Waals surface area contributed by atoms with E-state index in [0.717, 1.165) is 33.5 Å². The number of nitrogens with zero attached hydrogens (tertiary/aromatic N) is 2. The highest BCUT2D eigenvalue weighted by atomic mass is 32.1. The summed E-state index contributed by atoms with van der Waals surface area (Å²) < 4.78 is 10.9. The molecule has 3 aromatic rings. The molecule has 0 fully saturated rings. The van der Waals surface area contributed by atoms with Crippen LogP contribution in [0.1, 0.15) is 19.4 Å². The average Bonchev–Trinajstić information content (AvgIpc) is 3.16. The van der Waals surface area contributed by atoms with Gasteiger partial charge in [-0.1, -0.05) is 26.0 Å². The molecule has 140 valence electrons. The molecule has 0 aliphatic carbocycles. The predicted molar refractivity (Wildman–Crippen MR) is 112 cm³/mol. The summed E-state index contributed by atoms with van der Waals surface area (Å²) >= 11 is 1.51. The Labute approximate surface area is 163 Å². The highest BCUT2D eigenvalue weighted by Crippen LogP contribution is 2.26. The van der Waals surface area contributed by atoms with E-state index >= 15 is 0 Å². The fourth-order valence-corrected chi connectivity index (χ4v) is 3.00. The molecular formula is C21H23N3O2S. The first-order valence-corrected chi connectivity index (χ1v) is 9.64. The number of benzene rings is 2. The third-order valence-electron chi connectivity index (χ3n) is 3.71. The zero-order valence-corrected chi connectivity index (χ0v) is 16.5. The molecule has 0 amide bonds. The summed E-state index contributed by atoms with van der Waals surface area (Å²) in [5.41, 5.74) is 5.90. The summed E-state index contributed by atoms with van der Waals surface area (Å²) in [6, 6.07) is 15.7. The third kappa shape index (κ3) is 5.56. The van der Waals surface area contributed by atoms with Crippen molar-refractivity contribution in [3.63, 3.8) is 0 Å². The van der Waals surface area contributed by atoms with Crippen molar-refractivity contribution in [2.24, 2.45) is 11.0 Å². The van der Waals surface area contributed by atoms with Crippen LogP contribution in [-0.2, 0) is 0 Å². The van der Waals surface area contributed by atoms with E-state index < -0.39 is 0 Å². The van der Waals surface area contributed by atoms with Gasteiger partial charge in [-0.15, -0.1) is 11.3 Å². The van der Waals surface area contributed by atoms with Crippen molar-refractivity contribution in [1.29, 1.82) is 0 Å². The third-order valence-corrected chi connectivity index (χ3v) is 4.45. The van der Waals surface area contributed by atoms with E-state index in [-0.39, 0.29) is 0 Å². The van der Waals surface area contributed by atoms with Gasteiger partial charge in [0.1, 0.15) is 11.5 Å². The molecular weight excluding hydrogens is 358 g/mol. The largest absolute Gasteiger partial charge is 0.497 e. The first-order chi connectivity index (χ1) is 13.1. The number of ether oxygens (including phenoxy) is 2. The number of hydrogen-bond acceptors (Lipinski definition) is 6. The van der Waals surface area contributed by atoms with E-state index in [0.29, 0.717) is 12.5 Å². The molecule has 6 heteroatoms. The van der Waals surface area contributed by atoms with Gasteiger partial charge in [0, 0.05) is 10.9 Å². The Balaban J connectivity index is 1.60. The van der Waals surface area contributed by atoms with Crippen LogP contribution in [0.25, 0.3) is 11.3 Å². The molecule has 0 radical (unpaired) electrons. The van der Waals surface area contributed by atoms with Crippen LogP contribution in [0.3, 0.4) is 0 Å². The molecule has 0 bridgehead atoms. The van der Waals surface area contributed by atoms with Crippen LogP contribution < -0.4 is 14.9 Å². The Kier molecular flexibility index (Phi) is 6.44. The summed E-state index contributed by atoms with van der Waals surface area (Å²) in [7, 11) is 1.66. The van der Waals surface area contributed by atoms with Crippen LogP contribution in [-0.4, -0.2) is 24.9 Å². The van der Waals surface area contributed by atoms with E-state index in [4.69, 9.17) is 9.47 Å². The first kappa shape index (κ1) is 18.9. The molecule has 0 atom stereocenters. The normalized spacial score (nSPS) is 11.1. The molecule has 0 spiro atoms. The second-order valence-corrected chi connectivity index (χ2v) is 7.27. The number of aromatic nitrogens is 1. The van der Waals surface area contributed by atoms with Crippen molar-refractivity contribution >= 4 is 22.7 Å². The SMILES string of the molecule is COc1ccc(-c2csc(N/N=C\c3cccc(OCC(C)C)c3)n2)cc1. The predicted octanol–water partition coefficient (Wildman–Crippen LogP) is 5.30. The quantitative estimate of drug-likeness (QED) is 0.425. The number of methoxy groups -OCH3 is 1. The van der Waals surface area contributed by atoms with Crippen LogP contribution in [0.2, 0.25) is 0 Å². The maximum absolute atomic E-state index is 5.74. The van der Waals surface area contributed by atoms with Crippen molar-refractivity contribution in [3.8, 4) is 22.8 Å². The fourth-order valence-electron chi connectivity index (χ4n) is 2.33. The lowest BCUT2D eigenvalue weighted by atomic mass is 10.2. The van der Waals surface area contributed by atoms with E-state index in [2.05, 4.69) is 29.4 Å². The summed E-state index contributed by atoms with van der Waals surface area (Å²) in [6.07, 6.45) is 1.76. The first-order valence-electron chi connectivity index (χ1n) is 8.76. The zero-order chi connectivity index (χ0) is 19.1. The fraction of sp³-hybridized carbons (Fsp3) is 0.238. The second kappa shape index (κ2) is 9.19. The zero-order valence-electron chi connectivity index (χ0n) is 15.7. The number of hydrazone groups is 1. The molecule has 0 saturated carbocycles. The molecule has 27 heavy (non-hydrogen) atoms. The maximum atomic E-state index is 5.74. The van der Waals surface area contributed by atoms with Crippen LogP contribution in [0.15, 0.2) is 59.0 Å². The summed E-state index contributed by atoms with van der Waals surface area (Å²) in [6.45, 7) is 4.96. The number of nitrogens with one attached hydrogen (secondary N) is 1. The van der Waals surface area contributed by atoms with Gasteiger partial charge in [-0.25, -0.2) is 4.98 Å². The molecule has 1 heterocycles. The monoisotopic (exact) mass is 381 g/mol. The van der Waals surface area contributed by atoms with Crippen molar-refractivity contribution in [3.05, 3.63) is 59.5 Å². The number of hydrogen-bond donors (Lipinski definition) is 1. The van der Waals surface area contributed by atoms with Crippen molar-refractivity contribution in [1.82, 2.24) is 4.98 Å². The molecule has 2 aromatic carbocycles. The van der Waals surface area contributed by atoms with Gasteiger partial charge in [0.15, 0.2) is 0 Å². The van der Waals surface area contributed by atoms with Gasteiger partial charge in [-0.05, 0) is 47.9 Å². The van der Waals surface area contributed by atoms with Crippen LogP contribution in [0.4, 0.5) is 5.13 Å². The van der Waals surface area contributed by atoms with Gasteiger partial charge in [-0.2, -0.15) is 5.10 Å². The maximum Gasteiger partial charge on any atom is 0.203 e. The average molecular weight is 382 g/mol. The number of thiazole rings is 1. The summed E-state index contributed by atoms with van der Waals surface area (Å²) in [5.74, 6) is 2.18. The second-order valence-electron chi connectivity index (χ2n) is 6.41. The minimum absolute atomic E-state index is 0.494. The Hall–Kier alpha value is -2.86. The van der Waals surface area contributed by atoms with Crippen LogP contribution in [0, 0.1) is 5.92 Å². The van der Waals surface area contributed by atoms with Gasteiger partial charge < -0.3 is 9.47 Å². The highest BCUT2D eigenvalue weighted by molar-refractivity contribution is 7.14. The van der Waals surface area contributed by atoms with E-state index in [1.165, 1.54) is 11.3 Å². The summed E-state index contributed by atoms with van der Waals surface area (Å²) in [4.78, 5) is 4.56. The number of anilines is 1. The smallest absolute Gasteiger partial charge is 0.203 e. The molecule has 1 aromatic heterocycles. The lowest BCUT2D eigenvalue weighted by molar-refractivity contribution is 0.271. The topological polar surface area (TPSA) is 55.7 Å². The molecule has 1 N–H and O–H groups in total. The van der Waals surface area contributed by atoms with E-state index in [9.17, 15) is 0 Å². The molecule has 5 nitrogen and oxygen atoms in total. The molecule has 3 rings (SSSR count). The molecule has 0 aliphatic heterocycles. The Bertz CT molecular complexity index is 888. The minimum Gasteiger partial charge on any atom is -0.497 e. The van der Waals surface area contributed by atoms with Gasteiger partial charge in [0.05, 0.1) is 25.6 Å². The van der Waals surface area contributed by atoms with Crippen molar-refractivity contribution in [2.75, 3.05) is 19.1 Å². The number of rotatable bonds is 8. The lowest BCUT2D eigenvalue weighted by Gasteiger charge is -2.08. The van der Waals surface area contributed by atoms with Gasteiger partial charge in [-0.3, -0.25) is 5.43 Å². The van der Waals surface area contributed by atoms with E-state index in [1.54, 1.807) is 13.3 Å². The van der Waals surface area contributed by atoms with Gasteiger partial charge in [0.25, 0.3) is 0 Å². The van der Waals surface area contributed by atoms with Gasteiger partial charge >= 0.3 is 0 Å². The Morgan fingerprint density at radius 1 is 1.15 bits per heavy atom. The molecule has 0 aliphatic rings. The van der Waals surface area contributed by atoms with Crippen molar-refractivity contribution < 1.29 is 9.47 Å². The van der Waals surface area contributed by atoms with Crippen LogP contribution >= 0.6 is 11.3 Å². The van der Waals surface area contributed by atoms with E-state index in [1.807, 2.05) is 53.9 Å². The van der Waals surface area contributed by atoms with Crippen molar-refractivity contribution in [2.45, 2.75) is 13.8 Å². The standard InChI is InChI=1S/C21H23N3O2S/c1-15(2)13-26-19-6-4-5-16(11-19)12-22-24-21-23-20(14-27-21)17-7-9-18(25-3)10-8-17/h4-12,14-15H,13H2,1-3H3,(H,23,24)/b22-12-. The molecule has 0 saturated heterocycles. The summed E-state index contributed by atoms with van der Waals surface area (Å²) in [5, 5.41) is 7.02. The van der Waals surface area contributed by atoms with Gasteiger partial charge in [0.2, 0.25) is 5.13 Å². The molecule has 0 unspecified atom stereocenters. The highest BCUT2D eigenvalue weighted by Gasteiger charge is 2.04. The Morgan fingerprint density at radius 3 is 2.70 bits per heavy atom.